The number of amides is 1. The van der Waals surface area contributed by atoms with Crippen LogP contribution in [0.5, 0.6) is 5.75 Å². The predicted molar refractivity (Wildman–Crippen MR) is 110 cm³/mol. The summed E-state index contributed by atoms with van der Waals surface area (Å²) in [6, 6.07) is 8.26. The number of rotatable bonds is 7. The van der Waals surface area contributed by atoms with Crippen molar-refractivity contribution in [3.63, 3.8) is 0 Å². The van der Waals surface area contributed by atoms with Crippen LogP contribution in [0, 0.1) is 5.82 Å². The van der Waals surface area contributed by atoms with Crippen LogP contribution >= 0.6 is 11.6 Å². The molecule has 1 aliphatic heterocycles. The number of carbonyl (C=O) groups excluding carboxylic acids is 1. The highest BCUT2D eigenvalue weighted by atomic mass is 35.5. The lowest BCUT2D eigenvalue weighted by Gasteiger charge is -2.36. The van der Waals surface area contributed by atoms with Gasteiger partial charge in [0.2, 0.25) is 0 Å². The number of benzene rings is 2. The van der Waals surface area contributed by atoms with Crippen molar-refractivity contribution in [1.29, 1.82) is 0 Å². The maximum atomic E-state index is 15.0. The van der Waals surface area contributed by atoms with Gasteiger partial charge in [0.15, 0.2) is 0 Å². The summed E-state index contributed by atoms with van der Waals surface area (Å²) in [5, 5.41) is 2.77. The number of carbonyl (C=O) groups is 1. The number of likely N-dealkylation sites (tertiary alicyclic amines) is 1. The monoisotopic (exact) mass is 476 g/mol. The normalized spacial score (nSPS) is 16.1. The molecule has 0 aliphatic carbocycles. The van der Waals surface area contributed by atoms with Gasteiger partial charge in [-0.2, -0.15) is 13.2 Å². The van der Waals surface area contributed by atoms with Gasteiger partial charge in [-0.3, -0.25) is 4.79 Å². The van der Waals surface area contributed by atoms with Crippen LogP contribution in [-0.2, 0) is 6.18 Å². The van der Waals surface area contributed by atoms with Gasteiger partial charge in [0.1, 0.15) is 23.8 Å². The van der Waals surface area contributed by atoms with E-state index >= 15 is 4.39 Å². The van der Waals surface area contributed by atoms with Gasteiger partial charge in [-0.25, -0.2) is 8.78 Å². The molecule has 0 atom stereocenters. The van der Waals surface area contributed by atoms with Gasteiger partial charge in [0.05, 0.1) is 10.6 Å². The first kappa shape index (κ1) is 24.3. The van der Waals surface area contributed by atoms with Crippen molar-refractivity contribution in [2.45, 2.75) is 24.7 Å². The molecule has 1 fully saturated rings. The van der Waals surface area contributed by atoms with Gasteiger partial charge in [0, 0.05) is 44.6 Å². The molecular formula is C22H22ClF5N2O2. The molecule has 0 bridgehead atoms. The average Bonchev–Trinajstić information content (AvgIpc) is 2.75. The summed E-state index contributed by atoms with van der Waals surface area (Å²) in [5.41, 5.74) is -2.07. The smallest absolute Gasteiger partial charge is 0.416 e. The number of hydrogen-bond donors (Lipinski definition) is 1. The number of alkyl halides is 4. The molecule has 32 heavy (non-hydrogen) atoms. The van der Waals surface area contributed by atoms with Crippen molar-refractivity contribution in [2.75, 3.05) is 32.8 Å². The first-order valence-corrected chi connectivity index (χ1v) is 10.4. The summed E-state index contributed by atoms with van der Waals surface area (Å²) in [6.07, 6.45) is -4.21. The SMILES string of the molecule is O=C(c1ccc(F)c(Cl)c1)N1CCC(F)(CNCCOc2cccc(C(F)(F)F)c2)CC1. The lowest BCUT2D eigenvalue weighted by molar-refractivity contribution is -0.137. The third kappa shape index (κ3) is 6.32. The lowest BCUT2D eigenvalue weighted by atomic mass is 9.93. The minimum atomic E-state index is -4.45. The molecule has 0 saturated carbocycles. The van der Waals surface area contributed by atoms with Crippen molar-refractivity contribution in [3.05, 3.63) is 64.4 Å². The van der Waals surface area contributed by atoms with Gasteiger partial charge < -0.3 is 15.0 Å². The third-order valence-electron chi connectivity index (χ3n) is 5.26. The van der Waals surface area contributed by atoms with E-state index in [0.717, 1.165) is 18.2 Å². The van der Waals surface area contributed by atoms with Crippen molar-refractivity contribution in [1.82, 2.24) is 10.2 Å². The number of nitrogens with zero attached hydrogens (tertiary/aromatic N) is 1. The molecule has 10 heteroatoms. The summed E-state index contributed by atoms with van der Waals surface area (Å²) < 4.78 is 71.7. The Labute approximate surface area is 187 Å². The molecule has 2 aromatic rings. The minimum Gasteiger partial charge on any atom is -0.492 e. The summed E-state index contributed by atoms with van der Waals surface area (Å²) in [6.45, 7) is 0.759. The Balaban J connectivity index is 1.40. The van der Waals surface area contributed by atoms with Crippen LogP contribution in [0.15, 0.2) is 42.5 Å². The molecule has 0 unspecified atom stereocenters. The van der Waals surface area contributed by atoms with Crippen molar-refractivity contribution < 1.29 is 31.5 Å². The quantitative estimate of drug-likeness (QED) is 0.446. The maximum absolute atomic E-state index is 15.0. The van der Waals surface area contributed by atoms with Crippen LogP contribution in [0.25, 0.3) is 0 Å². The summed E-state index contributed by atoms with van der Waals surface area (Å²) in [7, 11) is 0. The molecule has 2 aromatic carbocycles. The van der Waals surface area contributed by atoms with E-state index < -0.39 is 23.2 Å². The van der Waals surface area contributed by atoms with Crippen molar-refractivity contribution in [3.8, 4) is 5.75 Å². The highest BCUT2D eigenvalue weighted by Gasteiger charge is 2.36. The van der Waals surface area contributed by atoms with E-state index in [0.29, 0.717) is 0 Å². The molecule has 1 saturated heterocycles. The number of piperidine rings is 1. The Morgan fingerprint density at radius 1 is 1.16 bits per heavy atom. The maximum Gasteiger partial charge on any atom is 0.416 e. The van der Waals surface area contributed by atoms with E-state index in [9.17, 15) is 22.4 Å². The summed E-state index contributed by atoms with van der Waals surface area (Å²) in [5.74, 6) is -0.867. The molecule has 0 spiro atoms. The Bertz CT molecular complexity index is 946. The Kier molecular flexibility index (Phi) is 7.61. The fraction of sp³-hybridized carbons (Fsp3) is 0.409. The van der Waals surface area contributed by atoms with E-state index in [4.69, 9.17) is 16.3 Å². The van der Waals surface area contributed by atoms with E-state index in [1.807, 2.05) is 0 Å². The van der Waals surface area contributed by atoms with E-state index in [-0.39, 0.29) is 67.9 Å². The second kappa shape index (κ2) is 10.0. The fourth-order valence-electron chi connectivity index (χ4n) is 3.41. The summed E-state index contributed by atoms with van der Waals surface area (Å²) in [4.78, 5) is 14.0. The van der Waals surface area contributed by atoms with E-state index in [2.05, 4.69) is 5.32 Å². The molecule has 3 rings (SSSR count). The minimum absolute atomic E-state index is 0.0311. The highest BCUT2D eigenvalue weighted by molar-refractivity contribution is 6.31. The molecule has 0 aromatic heterocycles. The second-order valence-electron chi connectivity index (χ2n) is 7.62. The van der Waals surface area contributed by atoms with Crippen LogP contribution in [0.4, 0.5) is 22.0 Å². The zero-order valence-electron chi connectivity index (χ0n) is 17.0. The molecule has 1 aliphatic rings. The number of nitrogens with one attached hydrogen (secondary N) is 1. The van der Waals surface area contributed by atoms with E-state index in [1.165, 1.54) is 29.2 Å². The predicted octanol–water partition coefficient (Wildman–Crippen LogP) is 5.11. The molecular weight excluding hydrogens is 455 g/mol. The van der Waals surface area contributed by atoms with Gasteiger partial charge in [-0.1, -0.05) is 17.7 Å². The van der Waals surface area contributed by atoms with Gasteiger partial charge in [-0.05, 0) is 36.4 Å². The van der Waals surface area contributed by atoms with Crippen LogP contribution < -0.4 is 10.1 Å². The second-order valence-corrected chi connectivity index (χ2v) is 8.03. The number of halogens is 6. The standard InChI is InChI=1S/C22H22ClF5N2O2/c23-18-12-15(4-5-19(18)24)20(31)30-9-6-21(25,7-10-30)14-29-8-11-32-17-3-1-2-16(13-17)22(26,27)28/h1-5,12-13,29H,6-11,14H2. The Morgan fingerprint density at radius 3 is 2.53 bits per heavy atom. The van der Waals surface area contributed by atoms with Crippen LogP contribution in [0.1, 0.15) is 28.8 Å². The topological polar surface area (TPSA) is 41.6 Å². The van der Waals surface area contributed by atoms with Crippen molar-refractivity contribution in [2.24, 2.45) is 0 Å². The zero-order valence-corrected chi connectivity index (χ0v) is 17.8. The lowest BCUT2D eigenvalue weighted by Crippen LogP contribution is -2.49. The average molecular weight is 477 g/mol. The highest BCUT2D eigenvalue weighted by Crippen LogP contribution is 2.31. The van der Waals surface area contributed by atoms with Gasteiger partial charge in [0.25, 0.3) is 5.91 Å². The fourth-order valence-corrected chi connectivity index (χ4v) is 3.60. The molecule has 0 radical (unpaired) electrons. The van der Waals surface area contributed by atoms with Crippen molar-refractivity contribution >= 4 is 17.5 Å². The summed E-state index contributed by atoms with van der Waals surface area (Å²) >= 11 is 5.72. The van der Waals surface area contributed by atoms with Crippen LogP contribution in [-0.4, -0.2) is 49.3 Å². The van der Waals surface area contributed by atoms with E-state index in [1.54, 1.807) is 0 Å². The molecule has 1 heterocycles. The first-order chi connectivity index (χ1) is 15.1. The Hall–Kier alpha value is -2.39. The molecule has 174 valence electrons. The number of ether oxygens (including phenoxy) is 1. The van der Waals surface area contributed by atoms with Gasteiger partial charge >= 0.3 is 6.18 Å². The largest absolute Gasteiger partial charge is 0.492 e. The molecule has 1 N–H and O–H groups in total. The molecule has 4 nitrogen and oxygen atoms in total. The molecule has 1 amide bonds. The van der Waals surface area contributed by atoms with Gasteiger partial charge in [-0.15, -0.1) is 0 Å². The first-order valence-electron chi connectivity index (χ1n) is 10.0. The third-order valence-corrected chi connectivity index (χ3v) is 5.55. The number of hydrogen-bond acceptors (Lipinski definition) is 3. The zero-order chi connectivity index (χ0) is 23.4. The van der Waals surface area contributed by atoms with Crippen LogP contribution in [0.3, 0.4) is 0 Å². The Morgan fingerprint density at radius 2 is 1.88 bits per heavy atom. The van der Waals surface area contributed by atoms with Crippen LogP contribution in [0.2, 0.25) is 5.02 Å².